The Hall–Kier alpha value is -0.510. The van der Waals surface area contributed by atoms with Gasteiger partial charge in [-0.25, -0.2) is 0 Å². The van der Waals surface area contributed by atoms with Crippen molar-refractivity contribution in [3.8, 4) is 0 Å². The van der Waals surface area contributed by atoms with Gasteiger partial charge in [0.25, 0.3) is 0 Å². The Morgan fingerprint density at radius 1 is 1.28 bits per heavy atom. The van der Waals surface area contributed by atoms with E-state index in [0.29, 0.717) is 0 Å². The summed E-state index contributed by atoms with van der Waals surface area (Å²) in [6, 6.07) is 6.62. The minimum atomic E-state index is 0.154. The number of aliphatic hydroxyl groups is 1. The molecule has 2 nitrogen and oxygen atoms in total. The molecule has 0 saturated carbocycles. The lowest BCUT2D eigenvalue weighted by atomic mass is 10.1. The fraction of sp³-hybridized carbons (Fsp3) is 0.600. The van der Waals surface area contributed by atoms with Gasteiger partial charge in [0.05, 0.1) is 0 Å². The molecule has 0 aliphatic carbocycles. The number of thioether (sulfide) groups is 1. The van der Waals surface area contributed by atoms with Crippen LogP contribution in [0.15, 0.2) is 23.1 Å². The maximum atomic E-state index is 8.77. The third-order valence-corrected chi connectivity index (χ3v) is 3.77. The van der Waals surface area contributed by atoms with E-state index in [9.17, 15) is 0 Å². The van der Waals surface area contributed by atoms with Crippen molar-refractivity contribution < 1.29 is 5.11 Å². The van der Waals surface area contributed by atoms with Crippen molar-refractivity contribution in [2.24, 2.45) is 0 Å². The Morgan fingerprint density at radius 3 is 2.56 bits per heavy atom. The van der Waals surface area contributed by atoms with E-state index >= 15 is 0 Å². The summed E-state index contributed by atoms with van der Waals surface area (Å²) in [6.45, 7) is 9.90. The number of aryl methyl sites for hydroxylation is 1. The van der Waals surface area contributed by atoms with Crippen molar-refractivity contribution in [3.63, 3.8) is 0 Å². The van der Waals surface area contributed by atoms with E-state index in [1.54, 1.807) is 0 Å². The summed E-state index contributed by atoms with van der Waals surface area (Å²) in [5.74, 6) is 0.982. The Kier molecular flexibility index (Phi) is 6.19. The molecule has 0 unspecified atom stereocenters. The van der Waals surface area contributed by atoms with E-state index in [4.69, 9.17) is 5.11 Å². The zero-order valence-electron chi connectivity index (χ0n) is 11.9. The van der Waals surface area contributed by atoms with Crippen LogP contribution in [0.2, 0.25) is 0 Å². The molecule has 1 aromatic rings. The highest BCUT2D eigenvalue weighted by atomic mass is 32.2. The molecule has 0 aliphatic heterocycles. The van der Waals surface area contributed by atoms with Crippen molar-refractivity contribution >= 4 is 11.8 Å². The lowest BCUT2D eigenvalue weighted by Crippen LogP contribution is -2.35. The first kappa shape index (κ1) is 15.5. The van der Waals surface area contributed by atoms with Gasteiger partial charge in [-0.05, 0) is 57.4 Å². The molecule has 0 atom stereocenters. The number of hydrogen-bond donors (Lipinski definition) is 2. The van der Waals surface area contributed by atoms with Gasteiger partial charge in [-0.2, -0.15) is 0 Å². The average Bonchev–Trinajstić information content (AvgIpc) is 2.27. The van der Waals surface area contributed by atoms with Crippen LogP contribution >= 0.6 is 11.8 Å². The van der Waals surface area contributed by atoms with Gasteiger partial charge in [-0.15, -0.1) is 11.8 Å². The second-order valence-corrected chi connectivity index (χ2v) is 6.79. The Bertz CT molecular complexity index is 371. The summed E-state index contributed by atoms with van der Waals surface area (Å²) in [5, 5.41) is 12.3. The summed E-state index contributed by atoms with van der Waals surface area (Å²) < 4.78 is 0. The van der Waals surface area contributed by atoms with Crippen LogP contribution in [0.4, 0.5) is 0 Å². The van der Waals surface area contributed by atoms with Gasteiger partial charge in [0.2, 0.25) is 0 Å². The van der Waals surface area contributed by atoms with Crippen LogP contribution in [0.1, 0.15) is 38.3 Å². The topological polar surface area (TPSA) is 32.3 Å². The number of aliphatic hydroxyl groups excluding tert-OH is 1. The summed E-state index contributed by atoms with van der Waals surface area (Å²) in [6.07, 6.45) is 0.858. The van der Waals surface area contributed by atoms with E-state index in [2.05, 4.69) is 51.2 Å². The molecule has 0 fully saturated rings. The SMILES string of the molecule is Cc1cc(SCCCO)ccc1CNC(C)(C)C. The summed E-state index contributed by atoms with van der Waals surface area (Å²) in [7, 11) is 0. The van der Waals surface area contributed by atoms with Gasteiger partial charge in [-0.1, -0.05) is 6.07 Å². The van der Waals surface area contributed by atoms with Crippen molar-refractivity contribution in [2.45, 2.75) is 51.1 Å². The van der Waals surface area contributed by atoms with Crippen molar-refractivity contribution in [1.29, 1.82) is 0 Å². The lowest BCUT2D eigenvalue weighted by molar-refractivity contribution is 0.296. The van der Waals surface area contributed by atoms with Crippen LogP contribution in [-0.4, -0.2) is 23.0 Å². The molecule has 0 radical (unpaired) electrons. The molecule has 0 spiro atoms. The smallest absolute Gasteiger partial charge is 0.0439 e. The van der Waals surface area contributed by atoms with Gasteiger partial charge in [0, 0.05) is 29.3 Å². The molecular weight excluding hydrogens is 242 g/mol. The zero-order chi connectivity index (χ0) is 13.6. The Balaban J connectivity index is 2.56. The highest BCUT2D eigenvalue weighted by molar-refractivity contribution is 7.99. The van der Waals surface area contributed by atoms with Crippen LogP contribution in [-0.2, 0) is 6.54 Å². The largest absolute Gasteiger partial charge is 0.396 e. The number of rotatable bonds is 6. The highest BCUT2D eigenvalue weighted by Gasteiger charge is 2.09. The third-order valence-electron chi connectivity index (χ3n) is 2.69. The molecule has 18 heavy (non-hydrogen) atoms. The van der Waals surface area contributed by atoms with Crippen molar-refractivity contribution in [3.05, 3.63) is 29.3 Å². The number of nitrogens with one attached hydrogen (secondary N) is 1. The lowest BCUT2D eigenvalue weighted by Gasteiger charge is -2.21. The fourth-order valence-corrected chi connectivity index (χ4v) is 2.50. The van der Waals surface area contributed by atoms with Crippen LogP contribution in [0.5, 0.6) is 0 Å². The summed E-state index contributed by atoms with van der Waals surface area (Å²) in [5.41, 5.74) is 2.85. The highest BCUT2D eigenvalue weighted by Crippen LogP contribution is 2.22. The quantitative estimate of drug-likeness (QED) is 0.612. The van der Waals surface area contributed by atoms with Gasteiger partial charge >= 0.3 is 0 Å². The number of hydrogen-bond acceptors (Lipinski definition) is 3. The first-order valence-electron chi connectivity index (χ1n) is 6.50. The van der Waals surface area contributed by atoms with E-state index < -0.39 is 0 Å². The summed E-state index contributed by atoms with van der Waals surface area (Å²) >= 11 is 1.81. The van der Waals surface area contributed by atoms with Gasteiger partial charge in [0.15, 0.2) is 0 Å². The number of benzene rings is 1. The Labute approximate surface area is 115 Å². The van der Waals surface area contributed by atoms with E-state index in [1.165, 1.54) is 16.0 Å². The first-order valence-corrected chi connectivity index (χ1v) is 7.49. The molecule has 2 N–H and O–H groups in total. The van der Waals surface area contributed by atoms with E-state index in [-0.39, 0.29) is 12.1 Å². The average molecular weight is 267 g/mol. The molecule has 1 aromatic carbocycles. The van der Waals surface area contributed by atoms with E-state index in [1.807, 2.05) is 11.8 Å². The maximum Gasteiger partial charge on any atom is 0.0439 e. The molecule has 0 heterocycles. The van der Waals surface area contributed by atoms with Crippen molar-refractivity contribution in [1.82, 2.24) is 5.32 Å². The second kappa shape index (κ2) is 7.17. The molecule has 1 rings (SSSR count). The van der Waals surface area contributed by atoms with Crippen LogP contribution < -0.4 is 5.32 Å². The maximum absolute atomic E-state index is 8.77. The standard InChI is InChI=1S/C15H25NOS/c1-12-10-14(18-9-5-8-17)7-6-13(12)11-16-15(2,3)4/h6-7,10,16-17H,5,8-9,11H2,1-4H3. The van der Waals surface area contributed by atoms with E-state index in [0.717, 1.165) is 18.7 Å². The van der Waals surface area contributed by atoms with Crippen LogP contribution in [0, 0.1) is 6.92 Å². The minimum Gasteiger partial charge on any atom is -0.396 e. The van der Waals surface area contributed by atoms with Gasteiger partial charge < -0.3 is 10.4 Å². The predicted molar refractivity (Wildman–Crippen MR) is 80.2 cm³/mol. The van der Waals surface area contributed by atoms with Crippen LogP contribution in [0.3, 0.4) is 0 Å². The van der Waals surface area contributed by atoms with Crippen molar-refractivity contribution in [2.75, 3.05) is 12.4 Å². The van der Waals surface area contributed by atoms with Gasteiger partial charge in [0.1, 0.15) is 0 Å². The molecule has 3 heteroatoms. The molecular formula is C15H25NOS. The molecule has 0 saturated heterocycles. The van der Waals surface area contributed by atoms with Gasteiger partial charge in [-0.3, -0.25) is 0 Å². The first-order chi connectivity index (χ1) is 8.42. The second-order valence-electron chi connectivity index (χ2n) is 5.62. The Morgan fingerprint density at radius 2 is 2.00 bits per heavy atom. The third kappa shape index (κ3) is 5.89. The molecule has 0 aromatic heterocycles. The monoisotopic (exact) mass is 267 g/mol. The molecule has 0 aliphatic rings. The summed E-state index contributed by atoms with van der Waals surface area (Å²) in [4.78, 5) is 1.29. The van der Waals surface area contributed by atoms with Crippen LogP contribution in [0.25, 0.3) is 0 Å². The molecule has 0 amide bonds. The fourth-order valence-electron chi connectivity index (χ4n) is 1.57. The predicted octanol–water partition coefficient (Wildman–Crippen LogP) is 3.36. The molecule has 102 valence electrons. The molecule has 0 bridgehead atoms. The normalized spacial score (nSPS) is 11.8. The zero-order valence-corrected chi connectivity index (χ0v) is 12.7. The minimum absolute atomic E-state index is 0.154.